The first kappa shape index (κ1) is 25.3. The van der Waals surface area contributed by atoms with Crippen LogP contribution in [0.4, 0.5) is 5.69 Å². The molecule has 3 aromatic rings. The van der Waals surface area contributed by atoms with Gasteiger partial charge in [-0.1, -0.05) is 36.7 Å². The highest BCUT2D eigenvalue weighted by Gasteiger charge is 2.32. The van der Waals surface area contributed by atoms with Crippen LogP contribution in [0.5, 0.6) is 5.75 Å². The van der Waals surface area contributed by atoms with Crippen molar-refractivity contribution in [3.8, 4) is 5.75 Å². The molecule has 0 aromatic heterocycles. The Morgan fingerprint density at radius 2 is 1.85 bits per heavy atom. The van der Waals surface area contributed by atoms with Crippen molar-refractivity contribution in [1.29, 1.82) is 0 Å². The third-order valence-corrected chi connectivity index (χ3v) is 7.55. The lowest BCUT2D eigenvalue weighted by molar-refractivity contribution is -0.122. The fourth-order valence-electron chi connectivity index (χ4n) is 3.26. The van der Waals surface area contributed by atoms with Gasteiger partial charge in [0.1, 0.15) is 12.4 Å². The third-order valence-electron chi connectivity index (χ3n) is 4.95. The van der Waals surface area contributed by atoms with Gasteiger partial charge in [0.15, 0.2) is 5.17 Å². The molecular weight excluding hydrogens is 647 g/mol. The van der Waals surface area contributed by atoms with Crippen molar-refractivity contribution in [2.45, 2.75) is 20.0 Å². The number of amidine groups is 1. The topological polar surface area (TPSA) is 41.9 Å². The van der Waals surface area contributed by atoms with E-state index in [4.69, 9.17) is 16.3 Å². The lowest BCUT2D eigenvalue weighted by Crippen LogP contribution is -2.29. The number of hydrogen-bond acceptors (Lipinski definition) is 4. The Morgan fingerprint density at radius 3 is 2.53 bits per heavy atom. The van der Waals surface area contributed by atoms with Crippen LogP contribution in [-0.2, 0) is 11.4 Å². The predicted octanol–water partition coefficient (Wildman–Crippen LogP) is 8.30. The monoisotopic (exact) mass is 666 g/mol. The highest BCUT2D eigenvalue weighted by atomic mass is 127. The first-order valence-corrected chi connectivity index (χ1v) is 13.7. The van der Waals surface area contributed by atoms with Gasteiger partial charge in [-0.25, -0.2) is 4.99 Å². The molecule has 0 atom stereocenters. The summed E-state index contributed by atoms with van der Waals surface area (Å²) in [6.45, 7) is 3.15. The number of carbonyl (C=O) groups excluding carboxylic acids is 1. The SMILES string of the molecule is CCCN1C(=O)/C(=C/c2ccc(OCc3ccc(I)cc3)c(Br)c2)SC1=Nc1ccc(Cl)cc1. The fourth-order valence-corrected chi connectivity index (χ4v) is 5.28. The molecule has 0 saturated carbocycles. The van der Waals surface area contributed by atoms with Crippen molar-refractivity contribution in [3.63, 3.8) is 0 Å². The summed E-state index contributed by atoms with van der Waals surface area (Å²) in [6, 6.07) is 21.3. The average Bonchev–Trinajstić information content (AvgIpc) is 3.10. The molecule has 1 fully saturated rings. The second-order valence-corrected chi connectivity index (χ2v) is 11.1. The van der Waals surface area contributed by atoms with Crippen molar-refractivity contribution in [1.82, 2.24) is 4.90 Å². The highest BCUT2D eigenvalue weighted by molar-refractivity contribution is 14.1. The van der Waals surface area contributed by atoms with Crippen molar-refractivity contribution >= 4 is 84.7 Å². The van der Waals surface area contributed by atoms with E-state index in [2.05, 4.69) is 67.8 Å². The summed E-state index contributed by atoms with van der Waals surface area (Å²) in [6.07, 6.45) is 2.74. The minimum atomic E-state index is -0.0327. The Hall–Kier alpha value is -1.81. The lowest BCUT2D eigenvalue weighted by atomic mass is 10.2. The van der Waals surface area contributed by atoms with Gasteiger partial charge in [0.25, 0.3) is 5.91 Å². The summed E-state index contributed by atoms with van der Waals surface area (Å²) in [5.74, 6) is 0.721. The van der Waals surface area contributed by atoms with Gasteiger partial charge in [0.2, 0.25) is 0 Å². The first-order valence-electron chi connectivity index (χ1n) is 10.7. The Labute approximate surface area is 230 Å². The summed E-state index contributed by atoms with van der Waals surface area (Å²) >= 11 is 13.3. The van der Waals surface area contributed by atoms with Crippen molar-refractivity contribution in [2.75, 3.05) is 6.54 Å². The molecule has 0 bridgehead atoms. The van der Waals surface area contributed by atoms with Crippen molar-refractivity contribution < 1.29 is 9.53 Å². The number of thioether (sulfide) groups is 1. The Morgan fingerprint density at radius 1 is 1.12 bits per heavy atom. The number of rotatable bonds is 7. The van der Waals surface area contributed by atoms with Crippen molar-refractivity contribution in [2.24, 2.45) is 4.99 Å². The molecule has 174 valence electrons. The van der Waals surface area contributed by atoms with Crippen LogP contribution < -0.4 is 4.74 Å². The smallest absolute Gasteiger partial charge is 0.266 e. The minimum absolute atomic E-state index is 0.0327. The summed E-state index contributed by atoms with van der Waals surface area (Å²) in [4.78, 5) is 20.1. The molecule has 34 heavy (non-hydrogen) atoms. The summed E-state index contributed by atoms with van der Waals surface area (Å²) in [5.41, 5.74) is 2.78. The molecule has 8 heteroatoms. The molecule has 0 radical (unpaired) electrons. The summed E-state index contributed by atoms with van der Waals surface area (Å²) in [5, 5.41) is 1.33. The standard InChI is InChI=1S/C26H21BrClIN2O2S/c1-2-13-31-25(32)24(34-26(31)30-21-10-6-19(28)7-11-21)15-18-5-12-23(22(27)14-18)33-16-17-3-8-20(29)9-4-17/h3-12,14-15H,2,13,16H2,1H3/b24-15-,30-26?. The molecule has 3 aromatic carbocycles. The number of hydrogen-bond donors (Lipinski definition) is 0. The Kier molecular flexibility index (Phi) is 8.74. The van der Waals surface area contributed by atoms with Crippen LogP contribution in [0.2, 0.25) is 5.02 Å². The molecule has 0 unspecified atom stereocenters. The molecule has 4 nitrogen and oxygen atoms in total. The normalized spacial score (nSPS) is 16.0. The van der Waals surface area contributed by atoms with Gasteiger partial charge in [-0.2, -0.15) is 0 Å². The third kappa shape index (κ3) is 6.44. The molecular formula is C26H21BrClIN2O2S. The van der Waals surface area contributed by atoms with Gasteiger partial charge in [-0.3, -0.25) is 9.69 Å². The quantitative estimate of drug-likeness (QED) is 0.188. The maximum atomic E-state index is 13.1. The average molecular weight is 668 g/mol. The van der Waals surface area contributed by atoms with E-state index in [1.807, 2.05) is 43.3 Å². The number of halogens is 3. The largest absolute Gasteiger partial charge is 0.488 e. The number of nitrogens with zero attached hydrogens (tertiary/aromatic N) is 2. The number of aliphatic imine (C=N–C) groups is 1. The molecule has 1 saturated heterocycles. The highest BCUT2D eigenvalue weighted by Crippen LogP contribution is 2.35. The van der Waals surface area contributed by atoms with E-state index in [-0.39, 0.29) is 5.91 Å². The summed E-state index contributed by atoms with van der Waals surface area (Å²) in [7, 11) is 0. The van der Waals surface area contributed by atoms with Crippen LogP contribution in [-0.4, -0.2) is 22.5 Å². The fraction of sp³-hybridized carbons (Fsp3) is 0.154. The van der Waals surface area contributed by atoms with E-state index in [9.17, 15) is 4.79 Å². The molecule has 1 heterocycles. The lowest BCUT2D eigenvalue weighted by Gasteiger charge is -2.13. The van der Waals surface area contributed by atoms with Gasteiger partial charge in [0, 0.05) is 15.1 Å². The molecule has 0 N–H and O–H groups in total. The Bertz CT molecular complexity index is 1250. The number of benzene rings is 3. The van der Waals surface area contributed by atoms with Gasteiger partial charge in [-0.15, -0.1) is 0 Å². The first-order chi connectivity index (χ1) is 16.4. The molecule has 1 aliphatic heterocycles. The molecule has 4 rings (SSSR count). The molecule has 0 aliphatic carbocycles. The second kappa shape index (κ2) is 11.7. The number of carbonyl (C=O) groups is 1. The zero-order valence-electron chi connectivity index (χ0n) is 18.3. The van der Waals surface area contributed by atoms with Gasteiger partial charge in [0.05, 0.1) is 15.1 Å². The van der Waals surface area contributed by atoms with E-state index in [0.29, 0.717) is 28.2 Å². The van der Waals surface area contributed by atoms with Crippen LogP contribution in [0.25, 0.3) is 6.08 Å². The molecule has 0 spiro atoms. The van der Waals surface area contributed by atoms with Crippen LogP contribution in [0, 0.1) is 3.57 Å². The predicted molar refractivity (Wildman–Crippen MR) is 154 cm³/mol. The number of ether oxygens (including phenoxy) is 1. The van der Waals surface area contributed by atoms with Crippen LogP contribution in [0.1, 0.15) is 24.5 Å². The van der Waals surface area contributed by atoms with E-state index >= 15 is 0 Å². The van der Waals surface area contributed by atoms with Gasteiger partial charge >= 0.3 is 0 Å². The van der Waals surface area contributed by atoms with E-state index in [1.165, 1.54) is 15.3 Å². The maximum Gasteiger partial charge on any atom is 0.266 e. The van der Waals surface area contributed by atoms with Crippen LogP contribution >= 0.6 is 61.9 Å². The van der Waals surface area contributed by atoms with Gasteiger partial charge in [-0.05, 0) is 122 Å². The molecule has 1 aliphatic rings. The zero-order chi connectivity index (χ0) is 24.1. The van der Waals surface area contributed by atoms with E-state index < -0.39 is 0 Å². The van der Waals surface area contributed by atoms with E-state index in [0.717, 1.165) is 33.5 Å². The van der Waals surface area contributed by atoms with Gasteiger partial charge < -0.3 is 4.74 Å². The number of amides is 1. The Balaban J connectivity index is 1.51. The second-order valence-electron chi connectivity index (χ2n) is 7.54. The van der Waals surface area contributed by atoms with Crippen LogP contribution in [0.3, 0.4) is 0 Å². The maximum absolute atomic E-state index is 13.1. The van der Waals surface area contributed by atoms with E-state index in [1.54, 1.807) is 17.0 Å². The summed E-state index contributed by atoms with van der Waals surface area (Å²) < 4.78 is 8.00. The zero-order valence-corrected chi connectivity index (χ0v) is 23.6. The molecule has 1 amide bonds. The van der Waals surface area contributed by atoms with Crippen LogP contribution in [0.15, 0.2) is 81.1 Å². The minimum Gasteiger partial charge on any atom is -0.488 e. The van der Waals surface area contributed by atoms with Crippen molar-refractivity contribution in [3.05, 3.63) is 95.8 Å².